The van der Waals surface area contributed by atoms with E-state index in [0.29, 0.717) is 19.8 Å². The second-order valence-electron chi connectivity index (χ2n) is 5.33. The summed E-state index contributed by atoms with van der Waals surface area (Å²) in [7, 11) is 0. The van der Waals surface area contributed by atoms with E-state index in [1.54, 1.807) is 0 Å². The summed E-state index contributed by atoms with van der Waals surface area (Å²) in [5, 5.41) is 0. The zero-order valence-corrected chi connectivity index (χ0v) is 13.0. The highest BCUT2D eigenvalue weighted by Crippen LogP contribution is 2.42. The van der Waals surface area contributed by atoms with Crippen LogP contribution in [0.4, 0.5) is 0 Å². The highest BCUT2D eigenvalue weighted by Gasteiger charge is 2.23. The number of hydrogen-bond acceptors (Lipinski definition) is 4. The molecule has 2 aromatic rings. The number of hydrogen-bond donors (Lipinski definition) is 1. The van der Waals surface area contributed by atoms with Crippen molar-refractivity contribution in [3.05, 3.63) is 42.0 Å². The van der Waals surface area contributed by atoms with Gasteiger partial charge in [-0.25, -0.2) is 0 Å². The van der Waals surface area contributed by atoms with Gasteiger partial charge in [0.05, 0.1) is 6.61 Å². The average Bonchev–Trinajstić information content (AvgIpc) is 2.54. The fourth-order valence-corrected chi connectivity index (χ4v) is 2.66. The van der Waals surface area contributed by atoms with Crippen molar-refractivity contribution in [1.29, 1.82) is 0 Å². The van der Waals surface area contributed by atoms with E-state index < -0.39 is 0 Å². The molecule has 0 radical (unpaired) electrons. The standard InChI is InChI=1S/C18H21NO3/c1-3-20-13-7-8-15(12(2)9-13)16-5-4-6-17-18(16)22-14(10-19)11-21-17/h4-9,14H,3,10-11,19H2,1-2H3/t14-/m0/s1. The van der Waals surface area contributed by atoms with Crippen LogP contribution < -0.4 is 19.9 Å². The van der Waals surface area contributed by atoms with Crippen molar-refractivity contribution in [2.24, 2.45) is 5.73 Å². The molecule has 0 spiro atoms. The number of para-hydroxylation sites is 1. The molecule has 1 heterocycles. The molecule has 1 atom stereocenters. The van der Waals surface area contributed by atoms with E-state index >= 15 is 0 Å². The van der Waals surface area contributed by atoms with E-state index in [1.165, 1.54) is 0 Å². The smallest absolute Gasteiger partial charge is 0.169 e. The van der Waals surface area contributed by atoms with Crippen LogP contribution in [0, 0.1) is 6.92 Å². The van der Waals surface area contributed by atoms with Crippen molar-refractivity contribution in [3.8, 4) is 28.4 Å². The Kier molecular flexibility index (Phi) is 4.20. The third-order valence-electron chi connectivity index (χ3n) is 3.75. The van der Waals surface area contributed by atoms with Crippen LogP contribution in [0.3, 0.4) is 0 Å². The second kappa shape index (κ2) is 6.28. The number of nitrogens with two attached hydrogens (primary N) is 1. The minimum Gasteiger partial charge on any atom is -0.494 e. The average molecular weight is 299 g/mol. The fraction of sp³-hybridized carbons (Fsp3) is 0.333. The lowest BCUT2D eigenvalue weighted by atomic mass is 9.98. The monoisotopic (exact) mass is 299 g/mol. The van der Waals surface area contributed by atoms with Gasteiger partial charge in [0.25, 0.3) is 0 Å². The van der Waals surface area contributed by atoms with Crippen LogP contribution >= 0.6 is 0 Å². The molecule has 0 unspecified atom stereocenters. The Labute approximate surface area is 130 Å². The van der Waals surface area contributed by atoms with Gasteiger partial charge in [0, 0.05) is 12.1 Å². The minimum absolute atomic E-state index is 0.100. The molecule has 2 aromatic carbocycles. The molecular formula is C18H21NO3. The highest BCUT2D eigenvalue weighted by atomic mass is 16.6. The predicted molar refractivity (Wildman–Crippen MR) is 86.7 cm³/mol. The first-order chi connectivity index (χ1) is 10.7. The summed E-state index contributed by atoms with van der Waals surface area (Å²) in [5.74, 6) is 2.43. The lowest BCUT2D eigenvalue weighted by molar-refractivity contribution is 0.0976. The van der Waals surface area contributed by atoms with Gasteiger partial charge in [-0.15, -0.1) is 0 Å². The van der Waals surface area contributed by atoms with Gasteiger partial charge in [0.1, 0.15) is 18.5 Å². The summed E-state index contributed by atoms with van der Waals surface area (Å²) >= 11 is 0. The molecule has 3 rings (SSSR count). The summed E-state index contributed by atoms with van der Waals surface area (Å²) in [4.78, 5) is 0. The van der Waals surface area contributed by atoms with Gasteiger partial charge in [-0.3, -0.25) is 0 Å². The summed E-state index contributed by atoms with van der Waals surface area (Å²) in [6.07, 6.45) is -0.100. The van der Waals surface area contributed by atoms with E-state index in [4.69, 9.17) is 19.9 Å². The topological polar surface area (TPSA) is 53.7 Å². The molecule has 0 saturated heterocycles. The Balaban J connectivity index is 2.02. The summed E-state index contributed by atoms with van der Waals surface area (Å²) in [5.41, 5.74) is 8.98. The van der Waals surface area contributed by atoms with E-state index in [2.05, 4.69) is 13.0 Å². The van der Waals surface area contributed by atoms with Crippen molar-refractivity contribution in [1.82, 2.24) is 0 Å². The third kappa shape index (κ3) is 2.74. The molecule has 1 aliphatic heterocycles. The molecule has 1 aliphatic rings. The van der Waals surface area contributed by atoms with E-state index in [0.717, 1.165) is 33.9 Å². The molecule has 0 aromatic heterocycles. The zero-order chi connectivity index (χ0) is 15.5. The molecule has 4 heteroatoms. The van der Waals surface area contributed by atoms with Crippen LogP contribution in [0.1, 0.15) is 12.5 Å². The molecule has 0 bridgehead atoms. The fourth-order valence-electron chi connectivity index (χ4n) is 2.66. The van der Waals surface area contributed by atoms with Gasteiger partial charge >= 0.3 is 0 Å². The summed E-state index contributed by atoms with van der Waals surface area (Å²) in [6.45, 7) is 5.65. The summed E-state index contributed by atoms with van der Waals surface area (Å²) in [6, 6.07) is 12.0. The second-order valence-corrected chi connectivity index (χ2v) is 5.33. The maximum Gasteiger partial charge on any atom is 0.169 e. The molecule has 4 nitrogen and oxygen atoms in total. The number of fused-ring (bicyclic) bond motifs is 1. The zero-order valence-electron chi connectivity index (χ0n) is 13.0. The first-order valence-corrected chi connectivity index (χ1v) is 7.59. The van der Waals surface area contributed by atoms with Gasteiger partial charge in [0.2, 0.25) is 0 Å². The van der Waals surface area contributed by atoms with Crippen LogP contribution in [-0.2, 0) is 0 Å². The molecule has 0 amide bonds. The van der Waals surface area contributed by atoms with E-state index in [-0.39, 0.29) is 6.10 Å². The van der Waals surface area contributed by atoms with Gasteiger partial charge in [-0.05, 0) is 43.2 Å². The Morgan fingerprint density at radius 1 is 1.23 bits per heavy atom. The number of benzene rings is 2. The van der Waals surface area contributed by atoms with Crippen LogP contribution in [0.25, 0.3) is 11.1 Å². The molecular weight excluding hydrogens is 278 g/mol. The Hall–Kier alpha value is -2.20. The van der Waals surface area contributed by atoms with Crippen molar-refractivity contribution in [2.75, 3.05) is 19.8 Å². The SMILES string of the molecule is CCOc1ccc(-c2cccc3c2O[C@@H](CN)CO3)c(C)c1. The highest BCUT2D eigenvalue weighted by molar-refractivity contribution is 5.77. The van der Waals surface area contributed by atoms with Crippen molar-refractivity contribution >= 4 is 0 Å². The third-order valence-corrected chi connectivity index (χ3v) is 3.75. The molecule has 22 heavy (non-hydrogen) atoms. The Morgan fingerprint density at radius 2 is 2.09 bits per heavy atom. The normalized spacial score (nSPS) is 16.4. The van der Waals surface area contributed by atoms with Crippen LogP contribution in [0.15, 0.2) is 36.4 Å². The lowest BCUT2D eigenvalue weighted by Gasteiger charge is -2.27. The van der Waals surface area contributed by atoms with E-state index in [9.17, 15) is 0 Å². The molecule has 0 aliphatic carbocycles. The largest absolute Gasteiger partial charge is 0.494 e. The van der Waals surface area contributed by atoms with Gasteiger partial charge in [-0.1, -0.05) is 18.2 Å². The van der Waals surface area contributed by atoms with Crippen LogP contribution in [0.2, 0.25) is 0 Å². The van der Waals surface area contributed by atoms with Crippen LogP contribution in [-0.4, -0.2) is 25.9 Å². The molecule has 116 valence electrons. The first-order valence-electron chi connectivity index (χ1n) is 7.59. The maximum atomic E-state index is 6.02. The maximum absolute atomic E-state index is 6.02. The molecule has 0 saturated carbocycles. The predicted octanol–water partition coefficient (Wildman–Crippen LogP) is 3.16. The number of rotatable bonds is 4. The molecule has 0 fully saturated rings. The number of ether oxygens (including phenoxy) is 3. The number of aryl methyl sites for hydroxylation is 1. The Bertz CT molecular complexity index is 669. The quantitative estimate of drug-likeness (QED) is 0.942. The van der Waals surface area contributed by atoms with Gasteiger partial charge in [-0.2, -0.15) is 0 Å². The van der Waals surface area contributed by atoms with Crippen LogP contribution in [0.5, 0.6) is 17.2 Å². The first kappa shape index (κ1) is 14.7. The van der Waals surface area contributed by atoms with Crippen molar-refractivity contribution in [2.45, 2.75) is 20.0 Å². The lowest BCUT2D eigenvalue weighted by Crippen LogP contribution is -2.35. The van der Waals surface area contributed by atoms with Gasteiger partial charge < -0.3 is 19.9 Å². The Morgan fingerprint density at radius 3 is 2.82 bits per heavy atom. The minimum atomic E-state index is -0.100. The van der Waals surface area contributed by atoms with Gasteiger partial charge in [0.15, 0.2) is 11.5 Å². The molecule has 2 N–H and O–H groups in total. The van der Waals surface area contributed by atoms with Crippen molar-refractivity contribution < 1.29 is 14.2 Å². The van der Waals surface area contributed by atoms with Crippen molar-refractivity contribution in [3.63, 3.8) is 0 Å². The van der Waals surface area contributed by atoms with E-state index in [1.807, 2.05) is 37.3 Å². The summed E-state index contributed by atoms with van der Waals surface area (Å²) < 4.78 is 17.3.